The smallest absolute Gasteiger partial charge is 0.220 e. The van der Waals surface area contributed by atoms with Crippen LogP contribution in [0.25, 0.3) is 0 Å². The first-order valence-corrected chi connectivity index (χ1v) is 7.54. The van der Waals surface area contributed by atoms with Gasteiger partial charge in [-0.25, -0.2) is 0 Å². The van der Waals surface area contributed by atoms with Gasteiger partial charge in [0.05, 0.1) is 5.54 Å². The normalized spacial score (nSPS) is 34.1. The number of hydrogen-bond donors (Lipinski definition) is 1. The number of amides is 1. The summed E-state index contributed by atoms with van der Waals surface area (Å²) in [6, 6.07) is 0. The lowest BCUT2D eigenvalue weighted by Gasteiger charge is -2.39. The van der Waals surface area contributed by atoms with E-state index in [1.54, 1.807) is 0 Å². The van der Waals surface area contributed by atoms with Gasteiger partial charge in [0.1, 0.15) is 0 Å². The molecule has 0 radical (unpaired) electrons. The topological polar surface area (TPSA) is 29.1 Å². The van der Waals surface area contributed by atoms with Crippen molar-refractivity contribution >= 4 is 17.5 Å². The van der Waals surface area contributed by atoms with E-state index in [1.807, 2.05) is 0 Å². The largest absolute Gasteiger partial charge is 0.349 e. The Kier molecular flexibility index (Phi) is 4.35. The number of alkyl halides is 1. The van der Waals surface area contributed by atoms with Crippen molar-refractivity contribution in [3.05, 3.63) is 0 Å². The van der Waals surface area contributed by atoms with Crippen molar-refractivity contribution in [2.75, 3.05) is 5.88 Å². The summed E-state index contributed by atoms with van der Waals surface area (Å²) in [5.41, 5.74) is -0.102. The highest BCUT2D eigenvalue weighted by Gasteiger charge is 2.35. The second-order valence-corrected chi connectivity index (χ2v) is 6.41. The van der Waals surface area contributed by atoms with Gasteiger partial charge in [-0.05, 0) is 50.4 Å². The van der Waals surface area contributed by atoms with Crippen molar-refractivity contribution in [3.63, 3.8) is 0 Å². The fraction of sp³-hybridized carbons (Fsp3) is 0.929. The Balaban J connectivity index is 1.83. The third-order valence-electron chi connectivity index (χ3n) is 4.59. The van der Waals surface area contributed by atoms with E-state index >= 15 is 0 Å². The zero-order valence-electron chi connectivity index (χ0n) is 10.8. The molecule has 2 aliphatic rings. The Hall–Kier alpha value is -0.240. The summed E-state index contributed by atoms with van der Waals surface area (Å²) < 4.78 is 0. The number of rotatable bonds is 4. The summed E-state index contributed by atoms with van der Waals surface area (Å²) in [6.07, 6.45) is 8.97. The molecule has 0 spiro atoms. The first kappa shape index (κ1) is 13.2. The molecule has 0 aromatic heterocycles. The van der Waals surface area contributed by atoms with E-state index in [4.69, 9.17) is 11.6 Å². The summed E-state index contributed by atoms with van der Waals surface area (Å²) in [7, 11) is 0. The average Bonchev–Trinajstić information content (AvgIpc) is 2.27. The zero-order chi connectivity index (χ0) is 12.3. The van der Waals surface area contributed by atoms with Crippen LogP contribution in [0.5, 0.6) is 0 Å². The van der Waals surface area contributed by atoms with Crippen LogP contribution in [0.4, 0.5) is 0 Å². The molecule has 0 atom stereocenters. The Morgan fingerprint density at radius 1 is 1.29 bits per heavy atom. The Labute approximate surface area is 109 Å². The highest BCUT2D eigenvalue weighted by atomic mass is 35.5. The van der Waals surface area contributed by atoms with E-state index in [2.05, 4.69) is 12.2 Å². The molecule has 2 rings (SSSR count). The number of carbonyl (C=O) groups excluding carboxylic acids is 1. The van der Waals surface area contributed by atoms with Gasteiger partial charge in [-0.2, -0.15) is 0 Å². The molecule has 0 bridgehead atoms. The highest BCUT2D eigenvalue weighted by Crippen LogP contribution is 2.34. The van der Waals surface area contributed by atoms with E-state index in [1.165, 1.54) is 32.1 Å². The number of nitrogens with one attached hydrogen (secondary N) is 1. The van der Waals surface area contributed by atoms with Gasteiger partial charge in [0, 0.05) is 12.3 Å². The molecule has 2 aliphatic carbocycles. The van der Waals surface area contributed by atoms with Crippen molar-refractivity contribution in [2.45, 2.75) is 63.8 Å². The number of halogens is 1. The SMILES string of the molecule is CC1CCC(CCl)(NC(=O)CC2CCC2)CC1. The van der Waals surface area contributed by atoms with Gasteiger partial charge in [0.25, 0.3) is 0 Å². The average molecular weight is 258 g/mol. The molecule has 98 valence electrons. The summed E-state index contributed by atoms with van der Waals surface area (Å²) in [6.45, 7) is 2.29. The van der Waals surface area contributed by atoms with Crippen molar-refractivity contribution < 1.29 is 4.79 Å². The van der Waals surface area contributed by atoms with Gasteiger partial charge in [0.15, 0.2) is 0 Å². The van der Waals surface area contributed by atoms with Gasteiger partial charge in [0.2, 0.25) is 5.91 Å². The quantitative estimate of drug-likeness (QED) is 0.768. The van der Waals surface area contributed by atoms with Gasteiger partial charge in [-0.15, -0.1) is 11.6 Å². The van der Waals surface area contributed by atoms with E-state index in [9.17, 15) is 4.79 Å². The van der Waals surface area contributed by atoms with Gasteiger partial charge in [-0.1, -0.05) is 13.3 Å². The van der Waals surface area contributed by atoms with Crippen molar-refractivity contribution in [1.29, 1.82) is 0 Å². The van der Waals surface area contributed by atoms with Crippen molar-refractivity contribution in [1.82, 2.24) is 5.32 Å². The molecule has 2 saturated carbocycles. The van der Waals surface area contributed by atoms with E-state index in [0.29, 0.717) is 18.2 Å². The number of hydrogen-bond acceptors (Lipinski definition) is 1. The molecule has 1 N–H and O–H groups in total. The molecule has 0 saturated heterocycles. The standard InChI is InChI=1S/C14H24ClNO/c1-11-5-7-14(10-15,8-6-11)16-13(17)9-12-3-2-4-12/h11-12H,2-10H2,1H3,(H,16,17). The lowest BCUT2D eigenvalue weighted by Crippen LogP contribution is -2.52. The zero-order valence-corrected chi connectivity index (χ0v) is 11.6. The van der Waals surface area contributed by atoms with Crippen LogP contribution in [0.3, 0.4) is 0 Å². The molecule has 2 nitrogen and oxygen atoms in total. The Morgan fingerprint density at radius 2 is 1.94 bits per heavy atom. The van der Waals surface area contributed by atoms with Gasteiger partial charge >= 0.3 is 0 Å². The summed E-state index contributed by atoms with van der Waals surface area (Å²) >= 11 is 6.10. The first-order chi connectivity index (χ1) is 8.13. The highest BCUT2D eigenvalue weighted by molar-refractivity contribution is 6.18. The maximum absolute atomic E-state index is 12.0. The molecule has 2 fully saturated rings. The minimum Gasteiger partial charge on any atom is -0.349 e. The predicted molar refractivity (Wildman–Crippen MR) is 71.2 cm³/mol. The second-order valence-electron chi connectivity index (χ2n) is 6.15. The van der Waals surface area contributed by atoms with Crippen LogP contribution in [0.15, 0.2) is 0 Å². The Morgan fingerprint density at radius 3 is 2.41 bits per heavy atom. The maximum Gasteiger partial charge on any atom is 0.220 e. The minimum atomic E-state index is -0.102. The molecule has 0 aromatic rings. The third kappa shape index (κ3) is 3.37. The fourth-order valence-corrected chi connectivity index (χ4v) is 3.25. The van der Waals surface area contributed by atoms with Crippen LogP contribution in [0, 0.1) is 11.8 Å². The van der Waals surface area contributed by atoms with Crippen LogP contribution < -0.4 is 5.32 Å². The second kappa shape index (κ2) is 5.60. The lowest BCUT2D eigenvalue weighted by atomic mass is 9.77. The van der Waals surface area contributed by atoms with E-state index in [0.717, 1.165) is 18.8 Å². The van der Waals surface area contributed by atoms with Crippen LogP contribution >= 0.6 is 11.6 Å². The Bertz CT molecular complexity index is 267. The summed E-state index contributed by atoms with van der Waals surface area (Å²) in [5, 5.41) is 3.23. The van der Waals surface area contributed by atoms with Crippen molar-refractivity contribution in [3.8, 4) is 0 Å². The molecule has 0 unspecified atom stereocenters. The van der Waals surface area contributed by atoms with Gasteiger partial charge in [-0.3, -0.25) is 4.79 Å². The molecular formula is C14H24ClNO. The van der Waals surface area contributed by atoms with Gasteiger partial charge < -0.3 is 5.32 Å². The monoisotopic (exact) mass is 257 g/mol. The molecule has 0 aliphatic heterocycles. The lowest BCUT2D eigenvalue weighted by molar-refractivity contribution is -0.124. The van der Waals surface area contributed by atoms with Crippen LogP contribution in [0.1, 0.15) is 58.3 Å². The van der Waals surface area contributed by atoms with Crippen LogP contribution in [-0.4, -0.2) is 17.3 Å². The minimum absolute atomic E-state index is 0.102. The molecule has 3 heteroatoms. The molecule has 0 aromatic carbocycles. The third-order valence-corrected chi connectivity index (χ3v) is 5.10. The van der Waals surface area contributed by atoms with E-state index in [-0.39, 0.29) is 11.4 Å². The summed E-state index contributed by atoms with van der Waals surface area (Å²) in [5.74, 6) is 2.22. The molecule has 0 heterocycles. The van der Waals surface area contributed by atoms with Crippen molar-refractivity contribution in [2.24, 2.45) is 11.8 Å². The predicted octanol–water partition coefficient (Wildman–Crippen LogP) is 3.48. The number of carbonyl (C=O) groups is 1. The van der Waals surface area contributed by atoms with Crippen LogP contribution in [-0.2, 0) is 4.79 Å². The molecule has 17 heavy (non-hydrogen) atoms. The molecule has 1 amide bonds. The summed E-state index contributed by atoms with van der Waals surface area (Å²) in [4.78, 5) is 12.0. The maximum atomic E-state index is 12.0. The fourth-order valence-electron chi connectivity index (χ4n) is 2.91. The first-order valence-electron chi connectivity index (χ1n) is 7.00. The van der Waals surface area contributed by atoms with E-state index < -0.39 is 0 Å². The molecular weight excluding hydrogens is 234 g/mol. The van der Waals surface area contributed by atoms with Crippen LogP contribution in [0.2, 0.25) is 0 Å².